The lowest BCUT2D eigenvalue weighted by atomic mass is 10.0. The first-order chi connectivity index (χ1) is 7.84. The van der Waals surface area contributed by atoms with E-state index in [-0.39, 0.29) is 0 Å². The summed E-state index contributed by atoms with van der Waals surface area (Å²) in [7, 11) is 2.29. The summed E-state index contributed by atoms with van der Waals surface area (Å²) < 4.78 is 0. The van der Waals surface area contributed by atoms with Crippen LogP contribution in [-0.2, 0) is 0 Å². The molecule has 0 aromatic rings. The first-order valence-electron chi connectivity index (χ1n) is 7.55. The molecule has 0 aromatic carbocycles. The summed E-state index contributed by atoms with van der Waals surface area (Å²) in [5.74, 6) is 0. The van der Waals surface area contributed by atoms with Gasteiger partial charge in [0.25, 0.3) is 0 Å². The normalized spacial score (nSPS) is 21.8. The van der Waals surface area contributed by atoms with E-state index < -0.39 is 0 Å². The third kappa shape index (κ3) is 5.89. The number of hydrogen-bond acceptors (Lipinski definition) is 1. The predicted octanol–water partition coefficient (Wildman–Crippen LogP) is 4.61. The first-order valence-corrected chi connectivity index (χ1v) is 7.55. The Hall–Kier alpha value is -0.0400. The van der Waals surface area contributed by atoms with Gasteiger partial charge in [0.2, 0.25) is 0 Å². The van der Waals surface area contributed by atoms with E-state index in [4.69, 9.17) is 0 Å². The maximum atomic E-state index is 2.56. The van der Waals surface area contributed by atoms with Gasteiger partial charge in [-0.1, -0.05) is 58.3 Å². The van der Waals surface area contributed by atoms with Crippen molar-refractivity contribution in [2.45, 2.75) is 83.6 Å². The second kappa shape index (κ2) is 9.04. The second-order valence-corrected chi connectivity index (χ2v) is 5.54. The molecule has 0 saturated carbocycles. The Labute approximate surface area is 103 Å². The smallest absolute Gasteiger partial charge is 0.00926 e. The molecule has 0 aromatic heterocycles. The average molecular weight is 225 g/mol. The third-order valence-corrected chi connectivity index (χ3v) is 4.06. The molecule has 1 heterocycles. The van der Waals surface area contributed by atoms with Crippen LogP contribution in [0.15, 0.2) is 0 Å². The number of nitrogens with zero attached hydrogens (tertiary/aromatic N) is 1. The SMILES string of the molecule is CCCCCCCCCCC1CCCN1C. The molecular weight excluding hydrogens is 194 g/mol. The van der Waals surface area contributed by atoms with Gasteiger partial charge in [0.05, 0.1) is 0 Å². The minimum absolute atomic E-state index is 0.917. The van der Waals surface area contributed by atoms with Crippen LogP contribution in [0.2, 0.25) is 0 Å². The lowest BCUT2D eigenvalue weighted by Gasteiger charge is -2.18. The molecule has 0 aliphatic carbocycles. The molecule has 16 heavy (non-hydrogen) atoms. The molecule has 0 N–H and O–H groups in total. The van der Waals surface area contributed by atoms with Gasteiger partial charge >= 0.3 is 0 Å². The van der Waals surface area contributed by atoms with E-state index >= 15 is 0 Å². The van der Waals surface area contributed by atoms with E-state index in [1.54, 1.807) is 0 Å². The summed E-state index contributed by atoms with van der Waals surface area (Å²) in [6.45, 7) is 3.62. The van der Waals surface area contributed by atoms with Crippen LogP contribution in [0.3, 0.4) is 0 Å². The van der Waals surface area contributed by atoms with Crippen molar-refractivity contribution in [2.75, 3.05) is 13.6 Å². The molecule has 1 unspecified atom stereocenters. The fraction of sp³-hybridized carbons (Fsp3) is 1.00. The van der Waals surface area contributed by atoms with Gasteiger partial charge < -0.3 is 4.90 Å². The molecule has 1 nitrogen and oxygen atoms in total. The molecule has 1 aliphatic heterocycles. The van der Waals surface area contributed by atoms with Crippen molar-refractivity contribution in [1.82, 2.24) is 4.90 Å². The number of unbranched alkanes of at least 4 members (excludes halogenated alkanes) is 7. The highest BCUT2D eigenvalue weighted by Crippen LogP contribution is 2.20. The van der Waals surface area contributed by atoms with Crippen LogP contribution in [0.5, 0.6) is 0 Å². The molecule has 1 saturated heterocycles. The van der Waals surface area contributed by atoms with Crippen LogP contribution in [0.1, 0.15) is 77.6 Å². The molecule has 1 fully saturated rings. The van der Waals surface area contributed by atoms with Crippen molar-refractivity contribution in [3.05, 3.63) is 0 Å². The summed E-state index contributed by atoms with van der Waals surface area (Å²) in [6, 6.07) is 0.917. The molecule has 1 rings (SSSR count). The van der Waals surface area contributed by atoms with Crippen LogP contribution in [0.4, 0.5) is 0 Å². The van der Waals surface area contributed by atoms with Gasteiger partial charge in [-0.25, -0.2) is 0 Å². The third-order valence-electron chi connectivity index (χ3n) is 4.06. The van der Waals surface area contributed by atoms with Crippen molar-refractivity contribution in [1.29, 1.82) is 0 Å². The minimum atomic E-state index is 0.917. The van der Waals surface area contributed by atoms with Crippen LogP contribution in [0.25, 0.3) is 0 Å². The fourth-order valence-corrected chi connectivity index (χ4v) is 2.86. The highest BCUT2D eigenvalue weighted by atomic mass is 15.1. The molecule has 1 atom stereocenters. The Morgan fingerprint density at radius 1 is 0.938 bits per heavy atom. The molecule has 0 spiro atoms. The van der Waals surface area contributed by atoms with Crippen LogP contribution in [-0.4, -0.2) is 24.5 Å². The van der Waals surface area contributed by atoms with E-state index in [0.717, 1.165) is 6.04 Å². The zero-order valence-corrected chi connectivity index (χ0v) is 11.5. The van der Waals surface area contributed by atoms with E-state index in [1.807, 2.05) is 0 Å². The number of hydrogen-bond donors (Lipinski definition) is 0. The van der Waals surface area contributed by atoms with Gasteiger partial charge in [0.15, 0.2) is 0 Å². The van der Waals surface area contributed by atoms with Crippen molar-refractivity contribution >= 4 is 0 Å². The Morgan fingerprint density at radius 3 is 2.12 bits per heavy atom. The maximum absolute atomic E-state index is 2.56. The average Bonchev–Trinajstić information content (AvgIpc) is 2.68. The Bertz CT molecular complexity index is 156. The molecule has 1 aliphatic rings. The Kier molecular flexibility index (Phi) is 7.92. The highest BCUT2D eigenvalue weighted by Gasteiger charge is 2.19. The van der Waals surface area contributed by atoms with Gasteiger partial charge in [-0.15, -0.1) is 0 Å². The standard InChI is InChI=1S/C15H31N/c1-3-4-5-6-7-8-9-10-12-15-13-11-14-16(15)2/h15H,3-14H2,1-2H3. The summed E-state index contributed by atoms with van der Waals surface area (Å²) in [4.78, 5) is 2.56. The molecule has 0 radical (unpaired) electrons. The van der Waals surface area contributed by atoms with Crippen molar-refractivity contribution in [2.24, 2.45) is 0 Å². The van der Waals surface area contributed by atoms with Crippen molar-refractivity contribution < 1.29 is 0 Å². The van der Waals surface area contributed by atoms with Crippen molar-refractivity contribution in [3.8, 4) is 0 Å². The topological polar surface area (TPSA) is 3.24 Å². The van der Waals surface area contributed by atoms with Gasteiger partial charge in [0.1, 0.15) is 0 Å². The Morgan fingerprint density at radius 2 is 1.56 bits per heavy atom. The largest absolute Gasteiger partial charge is 0.303 e. The zero-order chi connectivity index (χ0) is 11.6. The van der Waals surface area contributed by atoms with Gasteiger partial charge in [-0.05, 0) is 32.9 Å². The maximum Gasteiger partial charge on any atom is 0.00926 e. The van der Waals surface area contributed by atoms with Gasteiger partial charge in [-0.3, -0.25) is 0 Å². The predicted molar refractivity (Wildman–Crippen MR) is 72.9 cm³/mol. The van der Waals surface area contributed by atoms with Crippen molar-refractivity contribution in [3.63, 3.8) is 0 Å². The van der Waals surface area contributed by atoms with Crippen LogP contribution in [0, 0.1) is 0 Å². The highest BCUT2D eigenvalue weighted by molar-refractivity contribution is 4.75. The summed E-state index contributed by atoms with van der Waals surface area (Å²) in [5, 5.41) is 0. The van der Waals surface area contributed by atoms with E-state index in [9.17, 15) is 0 Å². The minimum Gasteiger partial charge on any atom is -0.303 e. The van der Waals surface area contributed by atoms with Gasteiger partial charge in [-0.2, -0.15) is 0 Å². The molecule has 96 valence electrons. The number of likely N-dealkylation sites (tertiary alicyclic amines) is 1. The fourth-order valence-electron chi connectivity index (χ4n) is 2.86. The Balaban J connectivity index is 1.81. The van der Waals surface area contributed by atoms with Gasteiger partial charge in [0, 0.05) is 6.04 Å². The van der Waals surface area contributed by atoms with E-state index in [0.29, 0.717) is 0 Å². The lowest BCUT2D eigenvalue weighted by Crippen LogP contribution is -2.24. The molecule has 0 bridgehead atoms. The first kappa shape index (κ1) is 14.0. The molecule has 0 amide bonds. The van der Waals surface area contributed by atoms with E-state index in [1.165, 1.54) is 77.2 Å². The summed E-state index contributed by atoms with van der Waals surface area (Å²) in [6.07, 6.45) is 15.9. The quantitative estimate of drug-likeness (QED) is 0.518. The van der Waals surface area contributed by atoms with E-state index in [2.05, 4.69) is 18.9 Å². The monoisotopic (exact) mass is 225 g/mol. The van der Waals surface area contributed by atoms with Crippen LogP contribution >= 0.6 is 0 Å². The van der Waals surface area contributed by atoms with Crippen LogP contribution < -0.4 is 0 Å². The molecule has 1 heteroatoms. The number of rotatable bonds is 9. The second-order valence-electron chi connectivity index (χ2n) is 5.54. The summed E-state index contributed by atoms with van der Waals surface area (Å²) >= 11 is 0. The zero-order valence-electron chi connectivity index (χ0n) is 11.5. The summed E-state index contributed by atoms with van der Waals surface area (Å²) in [5.41, 5.74) is 0. The molecular formula is C15H31N. The lowest BCUT2D eigenvalue weighted by molar-refractivity contribution is 0.289.